The monoisotopic (exact) mass is 235 g/mol. The standard InChI is InChI=1S/C13H21N3O/c1-10-4-3-5-11(2)16(10)13(17)7-6-12-8-14-9-15-12/h8-11H,3-7H2,1-2H3,(H,14,15). The van der Waals surface area contributed by atoms with E-state index in [-0.39, 0.29) is 5.91 Å². The Morgan fingerprint density at radius 3 is 2.76 bits per heavy atom. The molecular formula is C13H21N3O. The van der Waals surface area contributed by atoms with E-state index >= 15 is 0 Å². The van der Waals surface area contributed by atoms with E-state index in [1.54, 1.807) is 12.5 Å². The normalized spacial score (nSPS) is 24.9. The smallest absolute Gasteiger partial charge is 0.223 e. The van der Waals surface area contributed by atoms with Crippen LogP contribution in [0.1, 0.15) is 45.2 Å². The van der Waals surface area contributed by atoms with Crippen LogP contribution in [0.2, 0.25) is 0 Å². The Hall–Kier alpha value is -1.32. The summed E-state index contributed by atoms with van der Waals surface area (Å²) in [6, 6.07) is 0.793. The van der Waals surface area contributed by atoms with Gasteiger partial charge in [0.2, 0.25) is 5.91 Å². The third kappa shape index (κ3) is 2.87. The van der Waals surface area contributed by atoms with Crippen LogP contribution >= 0.6 is 0 Å². The number of hydrogen-bond donors (Lipinski definition) is 1. The highest BCUT2D eigenvalue weighted by molar-refractivity contribution is 5.77. The number of carbonyl (C=O) groups is 1. The van der Waals surface area contributed by atoms with Gasteiger partial charge in [0.25, 0.3) is 0 Å². The maximum atomic E-state index is 12.2. The topological polar surface area (TPSA) is 49.0 Å². The quantitative estimate of drug-likeness (QED) is 0.872. The van der Waals surface area contributed by atoms with Crippen LogP contribution in [0.25, 0.3) is 0 Å². The molecule has 0 saturated carbocycles. The van der Waals surface area contributed by atoms with Crippen molar-refractivity contribution in [2.45, 2.75) is 58.0 Å². The summed E-state index contributed by atoms with van der Waals surface area (Å²) in [6.45, 7) is 4.31. The van der Waals surface area contributed by atoms with Crippen molar-refractivity contribution in [1.29, 1.82) is 0 Å². The average Bonchev–Trinajstić information content (AvgIpc) is 2.79. The van der Waals surface area contributed by atoms with Gasteiger partial charge in [0.15, 0.2) is 0 Å². The number of H-pyrrole nitrogens is 1. The molecule has 1 saturated heterocycles. The fourth-order valence-corrected chi connectivity index (χ4v) is 2.70. The summed E-state index contributed by atoms with van der Waals surface area (Å²) in [4.78, 5) is 21.3. The third-order valence-corrected chi connectivity index (χ3v) is 3.64. The Bertz CT molecular complexity index is 351. The lowest BCUT2D eigenvalue weighted by Crippen LogP contribution is -2.47. The lowest BCUT2D eigenvalue weighted by atomic mass is 9.97. The van der Waals surface area contributed by atoms with Crippen molar-refractivity contribution in [3.05, 3.63) is 18.2 Å². The van der Waals surface area contributed by atoms with Crippen LogP contribution in [0.3, 0.4) is 0 Å². The summed E-state index contributed by atoms with van der Waals surface area (Å²) in [7, 11) is 0. The molecule has 2 unspecified atom stereocenters. The predicted octanol–water partition coefficient (Wildman–Crippen LogP) is 2.13. The highest BCUT2D eigenvalue weighted by Crippen LogP contribution is 2.23. The molecule has 0 aliphatic carbocycles. The number of imidazole rings is 1. The number of carbonyl (C=O) groups excluding carboxylic acids is 1. The zero-order valence-electron chi connectivity index (χ0n) is 10.6. The molecule has 4 heteroatoms. The minimum atomic E-state index is 0.277. The molecule has 1 aromatic heterocycles. The molecule has 17 heavy (non-hydrogen) atoms. The average molecular weight is 235 g/mol. The van der Waals surface area contributed by atoms with E-state index in [1.165, 1.54) is 6.42 Å². The molecule has 1 N–H and O–H groups in total. The first-order valence-corrected chi connectivity index (χ1v) is 6.47. The van der Waals surface area contributed by atoms with Crippen molar-refractivity contribution in [3.8, 4) is 0 Å². The zero-order valence-corrected chi connectivity index (χ0v) is 10.6. The van der Waals surface area contributed by atoms with Gasteiger partial charge in [0, 0.05) is 30.4 Å². The molecule has 1 amide bonds. The zero-order chi connectivity index (χ0) is 12.3. The van der Waals surface area contributed by atoms with Gasteiger partial charge >= 0.3 is 0 Å². The van der Waals surface area contributed by atoms with Gasteiger partial charge in [-0.05, 0) is 39.5 Å². The van der Waals surface area contributed by atoms with Crippen LogP contribution in [0.15, 0.2) is 12.5 Å². The Balaban J connectivity index is 1.90. The number of amides is 1. The van der Waals surface area contributed by atoms with Gasteiger partial charge in [-0.25, -0.2) is 4.98 Å². The van der Waals surface area contributed by atoms with Crippen molar-refractivity contribution < 1.29 is 4.79 Å². The van der Waals surface area contributed by atoms with Gasteiger partial charge in [-0.15, -0.1) is 0 Å². The maximum Gasteiger partial charge on any atom is 0.223 e. The third-order valence-electron chi connectivity index (χ3n) is 3.64. The second-order valence-electron chi connectivity index (χ2n) is 5.01. The van der Waals surface area contributed by atoms with Crippen LogP contribution in [0, 0.1) is 0 Å². The molecule has 0 spiro atoms. The first-order valence-electron chi connectivity index (χ1n) is 6.47. The van der Waals surface area contributed by atoms with E-state index in [4.69, 9.17) is 0 Å². The summed E-state index contributed by atoms with van der Waals surface area (Å²) in [5, 5.41) is 0. The minimum Gasteiger partial charge on any atom is -0.348 e. The van der Waals surface area contributed by atoms with E-state index in [9.17, 15) is 4.79 Å². The molecule has 2 atom stereocenters. The van der Waals surface area contributed by atoms with E-state index < -0.39 is 0 Å². The number of aromatic amines is 1. The van der Waals surface area contributed by atoms with Crippen molar-refractivity contribution in [3.63, 3.8) is 0 Å². The Morgan fingerprint density at radius 1 is 1.47 bits per heavy atom. The van der Waals surface area contributed by atoms with Gasteiger partial charge in [0.1, 0.15) is 0 Å². The minimum absolute atomic E-state index is 0.277. The SMILES string of the molecule is CC1CCCC(C)N1C(=O)CCc1cnc[nH]1. The van der Waals surface area contributed by atoms with E-state index in [0.29, 0.717) is 18.5 Å². The molecule has 1 fully saturated rings. The first kappa shape index (κ1) is 12.1. The van der Waals surface area contributed by atoms with E-state index in [0.717, 1.165) is 25.0 Å². The van der Waals surface area contributed by atoms with Gasteiger partial charge < -0.3 is 9.88 Å². The molecule has 0 aromatic carbocycles. The number of aryl methyl sites for hydroxylation is 1. The summed E-state index contributed by atoms with van der Waals surface area (Å²) in [5.41, 5.74) is 1.04. The second kappa shape index (κ2) is 5.34. The summed E-state index contributed by atoms with van der Waals surface area (Å²) in [6.07, 6.45) is 8.31. The highest BCUT2D eigenvalue weighted by Gasteiger charge is 2.28. The van der Waals surface area contributed by atoms with Crippen molar-refractivity contribution in [2.75, 3.05) is 0 Å². The maximum absolute atomic E-state index is 12.2. The number of nitrogens with one attached hydrogen (secondary N) is 1. The fourth-order valence-electron chi connectivity index (χ4n) is 2.70. The Morgan fingerprint density at radius 2 is 2.18 bits per heavy atom. The Labute approximate surface area is 102 Å². The molecule has 0 radical (unpaired) electrons. The number of hydrogen-bond acceptors (Lipinski definition) is 2. The molecule has 0 bridgehead atoms. The molecule has 1 aromatic rings. The Kier molecular flexibility index (Phi) is 3.82. The van der Waals surface area contributed by atoms with Crippen LogP contribution in [-0.2, 0) is 11.2 Å². The molecule has 2 heterocycles. The molecule has 2 rings (SSSR count). The van der Waals surface area contributed by atoms with Gasteiger partial charge in [-0.2, -0.15) is 0 Å². The molecule has 1 aliphatic heterocycles. The van der Waals surface area contributed by atoms with Crippen LogP contribution in [0.4, 0.5) is 0 Å². The molecule has 4 nitrogen and oxygen atoms in total. The second-order valence-corrected chi connectivity index (χ2v) is 5.01. The van der Waals surface area contributed by atoms with Crippen molar-refractivity contribution in [1.82, 2.24) is 14.9 Å². The molecular weight excluding hydrogens is 214 g/mol. The van der Waals surface area contributed by atoms with Crippen molar-refractivity contribution in [2.24, 2.45) is 0 Å². The number of piperidine rings is 1. The van der Waals surface area contributed by atoms with Crippen LogP contribution < -0.4 is 0 Å². The summed E-state index contributed by atoms with van der Waals surface area (Å²) < 4.78 is 0. The number of rotatable bonds is 3. The molecule has 94 valence electrons. The summed E-state index contributed by atoms with van der Waals surface area (Å²) >= 11 is 0. The lowest BCUT2D eigenvalue weighted by molar-refractivity contribution is -0.137. The number of aromatic nitrogens is 2. The van der Waals surface area contributed by atoms with Gasteiger partial charge in [-0.3, -0.25) is 4.79 Å². The fraction of sp³-hybridized carbons (Fsp3) is 0.692. The van der Waals surface area contributed by atoms with Crippen molar-refractivity contribution >= 4 is 5.91 Å². The van der Waals surface area contributed by atoms with Crippen LogP contribution in [-0.4, -0.2) is 32.9 Å². The predicted molar refractivity (Wildman–Crippen MR) is 66.5 cm³/mol. The van der Waals surface area contributed by atoms with Gasteiger partial charge in [0.05, 0.1) is 6.33 Å². The van der Waals surface area contributed by atoms with E-state index in [1.807, 2.05) is 0 Å². The number of likely N-dealkylation sites (tertiary alicyclic amines) is 1. The lowest BCUT2D eigenvalue weighted by Gasteiger charge is -2.39. The largest absolute Gasteiger partial charge is 0.348 e. The summed E-state index contributed by atoms with van der Waals surface area (Å²) in [5.74, 6) is 0.277. The van der Waals surface area contributed by atoms with Gasteiger partial charge in [-0.1, -0.05) is 0 Å². The highest BCUT2D eigenvalue weighted by atomic mass is 16.2. The first-order chi connectivity index (χ1) is 8.18. The van der Waals surface area contributed by atoms with E-state index in [2.05, 4.69) is 28.7 Å². The van der Waals surface area contributed by atoms with Crippen LogP contribution in [0.5, 0.6) is 0 Å². The molecule has 1 aliphatic rings. The number of nitrogens with zero attached hydrogens (tertiary/aromatic N) is 2.